The van der Waals surface area contributed by atoms with Crippen LogP contribution in [0, 0.1) is 17.8 Å². The Bertz CT molecular complexity index is 857. The number of carbonyl (C=O) groups excluding carboxylic acids is 3. The molecule has 0 saturated carbocycles. The van der Waals surface area contributed by atoms with Gasteiger partial charge in [-0.1, -0.05) is 57.9 Å². The molecule has 0 aromatic heterocycles. The summed E-state index contributed by atoms with van der Waals surface area (Å²) in [5.74, 6) is -2.06. The molecule has 0 radical (unpaired) electrons. The van der Waals surface area contributed by atoms with E-state index in [1.54, 1.807) is 21.7 Å². The van der Waals surface area contributed by atoms with E-state index in [0.29, 0.717) is 19.6 Å². The summed E-state index contributed by atoms with van der Waals surface area (Å²) in [4.78, 5) is 46.4. The van der Waals surface area contributed by atoms with E-state index in [1.165, 1.54) is 0 Å². The summed E-state index contributed by atoms with van der Waals surface area (Å²) >= 11 is 0. The average Bonchev–Trinajstić information content (AvgIpc) is 3.13. The normalized spacial score (nSPS) is 35.3. The number of likely N-dealkylation sites (N-methyl/N-ethyl adjacent to an activating group) is 1. The van der Waals surface area contributed by atoms with Crippen LogP contribution in [0.1, 0.15) is 40.0 Å². The summed E-state index contributed by atoms with van der Waals surface area (Å²) in [6, 6.07) is -1.41. The lowest BCUT2D eigenvalue weighted by Crippen LogP contribution is -2.59. The second-order valence-electron chi connectivity index (χ2n) is 9.91. The summed E-state index contributed by atoms with van der Waals surface area (Å²) < 4.78 is 6.58. The monoisotopic (exact) mass is 459 g/mol. The Morgan fingerprint density at radius 3 is 2.58 bits per heavy atom. The number of rotatable bonds is 7. The lowest BCUT2D eigenvalue weighted by atomic mass is 9.77. The van der Waals surface area contributed by atoms with Crippen molar-refractivity contribution < 1.29 is 24.2 Å². The lowest BCUT2D eigenvalue weighted by molar-refractivity contribution is -0.152. The summed E-state index contributed by atoms with van der Waals surface area (Å²) in [6.07, 6.45) is 9.55. The zero-order valence-corrected chi connectivity index (χ0v) is 20.1. The van der Waals surface area contributed by atoms with Crippen molar-refractivity contribution in [2.24, 2.45) is 17.8 Å². The molecule has 182 valence electrons. The van der Waals surface area contributed by atoms with Crippen molar-refractivity contribution in [3.8, 4) is 0 Å². The first-order valence-corrected chi connectivity index (χ1v) is 12.3. The number of carbonyl (C=O) groups is 3. The second kappa shape index (κ2) is 9.22. The molecule has 1 spiro atoms. The van der Waals surface area contributed by atoms with Gasteiger partial charge in [-0.05, 0) is 12.3 Å². The van der Waals surface area contributed by atoms with Crippen LogP contribution in [-0.2, 0) is 19.1 Å². The number of nitrogens with zero attached hydrogens (tertiary/aromatic N) is 3. The van der Waals surface area contributed by atoms with E-state index < -0.39 is 35.6 Å². The van der Waals surface area contributed by atoms with Gasteiger partial charge in [0.1, 0.15) is 11.6 Å². The summed E-state index contributed by atoms with van der Waals surface area (Å²) in [6.45, 7) is 7.33. The minimum Gasteiger partial charge on any atom is -0.394 e. The van der Waals surface area contributed by atoms with E-state index in [4.69, 9.17) is 4.74 Å². The highest BCUT2D eigenvalue weighted by Crippen LogP contribution is 2.54. The van der Waals surface area contributed by atoms with Gasteiger partial charge in [0.15, 0.2) is 0 Å². The van der Waals surface area contributed by atoms with Crippen molar-refractivity contribution >= 4 is 17.7 Å². The second-order valence-corrected chi connectivity index (χ2v) is 9.91. The predicted molar refractivity (Wildman–Crippen MR) is 123 cm³/mol. The average molecular weight is 460 g/mol. The van der Waals surface area contributed by atoms with Gasteiger partial charge in [-0.25, -0.2) is 0 Å². The Hall–Kier alpha value is -2.19. The molecule has 0 aliphatic carbocycles. The molecule has 0 aromatic carbocycles. The molecular weight excluding hydrogens is 422 g/mol. The number of aliphatic hydroxyl groups is 1. The van der Waals surface area contributed by atoms with Gasteiger partial charge in [0.2, 0.25) is 17.7 Å². The Morgan fingerprint density at radius 1 is 1.15 bits per heavy atom. The van der Waals surface area contributed by atoms with Crippen LogP contribution in [0.15, 0.2) is 24.3 Å². The lowest BCUT2D eigenvalue weighted by Gasteiger charge is -2.40. The minimum atomic E-state index is -1.22. The fourth-order valence-corrected chi connectivity index (χ4v) is 5.97. The molecule has 2 saturated heterocycles. The van der Waals surface area contributed by atoms with Gasteiger partial charge in [0.25, 0.3) is 0 Å². The van der Waals surface area contributed by atoms with Crippen LogP contribution in [0.5, 0.6) is 0 Å². The van der Waals surface area contributed by atoms with Crippen LogP contribution in [0.3, 0.4) is 0 Å². The third kappa shape index (κ3) is 3.62. The molecule has 33 heavy (non-hydrogen) atoms. The van der Waals surface area contributed by atoms with Crippen molar-refractivity contribution in [2.45, 2.75) is 63.8 Å². The Labute approximate surface area is 196 Å². The van der Waals surface area contributed by atoms with Gasteiger partial charge in [0.05, 0.1) is 30.6 Å². The molecule has 1 unspecified atom stereocenters. The van der Waals surface area contributed by atoms with Gasteiger partial charge in [-0.3, -0.25) is 14.4 Å². The highest BCUT2D eigenvalue weighted by atomic mass is 16.5. The highest BCUT2D eigenvalue weighted by molar-refractivity contribution is 6.00. The molecule has 7 atom stereocenters. The summed E-state index contributed by atoms with van der Waals surface area (Å²) in [7, 11) is 1.73. The van der Waals surface area contributed by atoms with Crippen LogP contribution >= 0.6 is 0 Å². The highest BCUT2D eigenvalue weighted by Gasteiger charge is 2.72. The van der Waals surface area contributed by atoms with Crippen LogP contribution in [0.25, 0.3) is 0 Å². The number of hydrogen-bond donors (Lipinski definition) is 1. The van der Waals surface area contributed by atoms with Crippen LogP contribution in [0.2, 0.25) is 0 Å². The molecule has 1 N–H and O–H groups in total. The Morgan fingerprint density at radius 2 is 1.91 bits per heavy atom. The molecule has 4 heterocycles. The van der Waals surface area contributed by atoms with Crippen LogP contribution in [0.4, 0.5) is 0 Å². The molecule has 2 fully saturated rings. The van der Waals surface area contributed by atoms with Crippen molar-refractivity contribution in [3.05, 3.63) is 24.3 Å². The molecular formula is C25H37N3O5. The fraction of sp³-hybridized carbons (Fsp3) is 0.720. The number of amides is 3. The van der Waals surface area contributed by atoms with Crippen molar-refractivity contribution in [1.29, 1.82) is 0 Å². The van der Waals surface area contributed by atoms with Crippen molar-refractivity contribution in [3.63, 3.8) is 0 Å². The summed E-state index contributed by atoms with van der Waals surface area (Å²) in [5, 5.41) is 10.3. The molecule has 0 bridgehead atoms. The fourth-order valence-electron chi connectivity index (χ4n) is 5.97. The molecule has 4 rings (SSSR count). The molecule has 8 heteroatoms. The van der Waals surface area contributed by atoms with E-state index in [0.717, 1.165) is 19.3 Å². The number of ether oxygens (including phenoxy) is 1. The van der Waals surface area contributed by atoms with Gasteiger partial charge in [0, 0.05) is 26.7 Å². The first-order chi connectivity index (χ1) is 15.8. The van der Waals surface area contributed by atoms with Crippen molar-refractivity contribution in [1.82, 2.24) is 14.7 Å². The third-order valence-electron chi connectivity index (χ3n) is 8.01. The standard InChI is InChI=1S/C25H37N3O5/c1-5-7-13-27-14-9-11-25-20(19-18(33-25)10-8-12-26(4)22(19)30)23(31)28(21(25)24(27)32)17(15-29)16(3)6-2/h8-11,16-21,29H,5-7,12-15H2,1-4H3/t16-,17-,18-,19+,20-,21?,25-/m0/s1. The maximum Gasteiger partial charge on any atom is 0.249 e. The minimum absolute atomic E-state index is 0.0119. The number of fused-ring (bicyclic) bond motifs is 2. The number of likely N-dealkylation sites (tertiary alicyclic amines) is 1. The van der Waals surface area contributed by atoms with Gasteiger partial charge >= 0.3 is 0 Å². The van der Waals surface area contributed by atoms with E-state index >= 15 is 0 Å². The van der Waals surface area contributed by atoms with Gasteiger partial charge in [-0.15, -0.1) is 0 Å². The maximum atomic E-state index is 14.1. The van der Waals surface area contributed by atoms with Crippen molar-refractivity contribution in [2.75, 3.05) is 33.3 Å². The Kier molecular flexibility index (Phi) is 6.69. The maximum absolute atomic E-state index is 14.1. The zero-order chi connectivity index (χ0) is 23.9. The Balaban J connectivity index is 1.85. The first kappa shape index (κ1) is 24.0. The predicted octanol–water partition coefficient (Wildman–Crippen LogP) is 1.20. The van der Waals surface area contributed by atoms with Gasteiger partial charge in [-0.2, -0.15) is 0 Å². The smallest absolute Gasteiger partial charge is 0.249 e. The SMILES string of the molecule is CCCCN1CC=C[C@]23O[C@H]4C=CCN(C)C(=O)[C@H]4[C@H]2C(=O)N([C@@H](CO)[C@@H](C)CC)C3C1=O. The zero-order valence-electron chi connectivity index (χ0n) is 20.1. The number of hydrogen-bond acceptors (Lipinski definition) is 5. The molecule has 3 amide bonds. The molecule has 4 aliphatic rings. The van der Waals surface area contributed by atoms with Gasteiger partial charge < -0.3 is 24.5 Å². The summed E-state index contributed by atoms with van der Waals surface area (Å²) in [5.41, 5.74) is -1.22. The van der Waals surface area contributed by atoms with E-state index in [1.807, 2.05) is 38.2 Å². The van der Waals surface area contributed by atoms with E-state index in [2.05, 4.69) is 6.92 Å². The van der Waals surface area contributed by atoms with Crippen LogP contribution in [-0.4, -0.2) is 94.6 Å². The largest absolute Gasteiger partial charge is 0.394 e. The molecule has 8 nitrogen and oxygen atoms in total. The molecule has 0 aromatic rings. The number of unbranched alkanes of at least 4 members (excludes halogenated alkanes) is 1. The van der Waals surface area contributed by atoms with Crippen LogP contribution < -0.4 is 0 Å². The number of aliphatic hydroxyl groups excluding tert-OH is 1. The topological polar surface area (TPSA) is 90.4 Å². The first-order valence-electron chi connectivity index (χ1n) is 12.3. The van der Waals surface area contributed by atoms with E-state index in [-0.39, 0.29) is 30.2 Å². The van der Waals surface area contributed by atoms with E-state index in [9.17, 15) is 19.5 Å². The third-order valence-corrected chi connectivity index (χ3v) is 8.01. The quantitative estimate of drug-likeness (QED) is 0.578. The molecule has 4 aliphatic heterocycles.